The van der Waals surface area contributed by atoms with Gasteiger partial charge in [-0.1, -0.05) is 0 Å². The predicted molar refractivity (Wildman–Crippen MR) is 46.7 cm³/mol. The van der Waals surface area contributed by atoms with Crippen LogP contribution in [0.3, 0.4) is 0 Å². The lowest BCUT2D eigenvalue weighted by atomic mass is 10.1. The van der Waals surface area contributed by atoms with E-state index in [9.17, 15) is 4.39 Å². The van der Waals surface area contributed by atoms with Crippen LogP contribution in [-0.4, -0.2) is 6.54 Å². The summed E-state index contributed by atoms with van der Waals surface area (Å²) in [5, 5.41) is 0. The lowest BCUT2D eigenvalue weighted by Crippen LogP contribution is -2.07. The van der Waals surface area contributed by atoms with Gasteiger partial charge in [0.2, 0.25) is 0 Å². The largest absolute Gasteiger partial charge is 0.327 e. The Kier molecular flexibility index (Phi) is 2.62. The monoisotopic (exact) mass is 173 g/mol. The zero-order chi connectivity index (χ0) is 8.43. The van der Waals surface area contributed by atoms with Crippen molar-refractivity contribution in [1.29, 1.82) is 0 Å². The van der Waals surface area contributed by atoms with Crippen molar-refractivity contribution in [3.8, 4) is 0 Å². The van der Waals surface area contributed by atoms with Crippen LogP contribution < -0.4 is 5.73 Å². The minimum Gasteiger partial charge on any atom is -0.327 e. The quantitative estimate of drug-likeness (QED) is 0.729. The molecule has 0 aliphatic rings. The van der Waals surface area contributed by atoms with E-state index >= 15 is 0 Å². The first-order chi connectivity index (χ1) is 5.15. The van der Waals surface area contributed by atoms with Gasteiger partial charge in [0.1, 0.15) is 6.17 Å². The molecule has 1 atom stereocenters. The van der Waals surface area contributed by atoms with Gasteiger partial charge in [-0.25, -0.2) is 4.39 Å². The third kappa shape index (κ3) is 1.79. The summed E-state index contributed by atoms with van der Waals surface area (Å²) in [7, 11) is 0. The topological polar surface area (TPSA) is 26.0 Å². The molecular weight excluding hydrogens is 161 g/mol. The lowest BCUT2D eigenvalue weighted by Gasteiger charge is -2.02. The first-order valence-electron chi connectivity index (χ1n) is 3.56. The average Bonchev–Trinajstić information content (AvgIpc) is 2.28. The number of hydrogen-bond donors (Lipinski definition) is 1. The van der Waals surface area contributed by atoms with Gasteiger partial charge in [0.25, 0.3) is 0 Å². The Labute approximate surface area is 70.0 Å². The highest BCUT2D eigenvalue weighted by molar-refractivity contribution is 7.12. The summed E-state index contributed by atoms with van der Waals surface area (Å²) in [6.45, 7) is 3.98. The van der Waals surface area contributed by atoms with E-state index in [0.29, 0.717) is 0 Å². The van der Waals surface area contributed by atoms with Crippen molar-refractivity contribution in [3.05, 3.63) is 21.4 Å². The molecule has 0 aromatic carbocycles. The number of nitrogens with two attached hydrogens (primary N) is 1. The second kappa shape index (κ2) is 3.32. The molecule has 0 bridgehead atoms. The Bertz CT molecular complexity index is 244. The highest BCUT2D eigenvalue weighted by atomic mass is 32.1. The van der Waals surface area contributed by atoms with Gasteiger partial charge in [-0.2, -0.15) is 0 Å². The van der Waals surface area contributed by atoms with Crippen LogP contribution in [0.2, 0.25) is 0 Å². The van der Waals surface area contributed by atoms with E-state index in [-0.39, 0.29) is 6.54 Å². The molecule has 0 saturated carbocycles. The second-order valence-electron chi connectivity index (χ2n) is 2.57. The van der Waals surface area contributed by atoms with Crippen molar-refractivity contribution in [1.82, 2.24) is 0 Å². The molecule has 11 heavy (non-hydrogen) atoms. The number of rotatable bonds is 2. The Morgan fingerprint density at radius 1 is 1.64 bits per heavy atom. The van der Waals surface area contributed by atoms with Gasteiger partial charge in [-0.05, 0) is 19.9 Å². The average molecular weight is 173 g/mol. The van der Waals surface area contributed by atoms with Crippen LogP contribution in [0.5, 0.6) is 0 Å². The third-order valence-corrected chi connectivity index (χ3v) is 2.61. The van der Waals surface area contributed by atoms with E-state index in [1.165, 1.54) is 0 Å². The van der Waals surface area contributed by atoms with Gasteiger partial charge in [-0.3, -0.25) is 0 Å². The van der Waals surface area contributed by atoms with E-state index in [4.69, 9.17) is 5.73 Å². The molecule has 0 amide bonds. The number of halogens is 1. The van der Waals surface area contributed by atoms with E-state index < -0.39 is 6.17 Å². The fourth-order valence-corrected chi connectivity index (χ4v) is 2.06. The number of alkyl halides is 1. The number of hydrogen-bond acceptors (Lipinski definition) is 2. The molecule has 0 saturated heterocycles. The lowest BCUT2D eigenvalue weighted by molar-refractivity contribution is 0.352. The molecular formula is C8H12FNS. The van der Waals surface area contributed by atoms with Crippen molar-refractivity contribution in [2.45, 2.75) is 20.0 Å². The molecule has 1 heterocycles. The minimum absolute atomic E-state index is 0.0804. The third-order valence-electron chi connectivity index (χ3n) is 1.62. The second-order valence-corrected chi connectivity index (χ2v) is 4.03. The molecule has 0 radical (unpaired) electrons. The van der Waals surface area contributed by atoms with Crippen LogP contribution in [0.1, 0.15) is 21.5 Å². The van der Waals surface area contributed by atoms with Gasteiger partial charge >= 0.3 is 0 Å². The van der Waals surface area contributed by atoms with Crippen LogP contribution in [-0.2, 0) is 0 Å². The Morgan fingerprint density at radius 2 is 2.27 bits per heavy atom. The van der Waals surface area contributed by atoms with Gasteiger partial charge in [0.05, 0.1) is 0 Å². The summed E-state index contributed by atoms with van der Waals surface area (Å²) in [5.41, 5.74) is 5.97. The van der Waals surface area contributed by atoms with Gasteiger partial charge in [0.15, 0.2) is 0 Å². The highest BCUT2D eigenvalue weighted by Crippen LogP contribution is 2.27. The Hall–Kier alpha value is -0.410. The summed E-state index contributed by atoms with van der Waals surface area (Å²) in [6, 6.07) is 1.87. The van der Waals surface area contributed by atoms with E-state index in [2.05, 4.69) is 0 Å². The predicted octanol–water partition coefficient (Wildman–Crippen LogP) is 2.33. The maximum absolute atomic E-state index is 13.0. The maximum Gasteiger partial charge on any atom is 0.138 e. The van der Waals surface area contributed by atoms with Crippen LogP contribution in [0, 0.1) is 13.8 Å². The van der Waals surface area contributed by atoms with Crippen LogP contribution >= 0.6 is 11.3 Å². The van der Waals surface area contributed by atoms with Crippen molar-refractivity contribution < 1.29 is 4.39 Å². The van der Waals surface area contributed by atoms with Crippen LogP contribution in [0.4, 0.5) is 4.39 Å². The van der Waals surface area contributed by atoms with Crippen molar-refractivity contribution in [2.24, 2.45) is 5.73 Å². The van der Waals surface area contributed by atoms with Crippen LogP contribution in [0.25, 0.3) is 0 Å². The molecule has 0 fully saturated rings. The molecule has 0 aliphatic heterocycles. The SMILES string of the molecule is Cc1cc(C(F)CN)c(C)s1. The maximum atomic E-state index is 13.0. The molecule has 0 spiro atoms. The minimum atomic E-state index is -0.986. The summed E-state index contributed by atoms with van der Waals surface area (Å²) < 4.78 is 13.0. The number of thiophene rings is 1. The Balaban J connectivity index is 2.93. The number of aryl methyl sites for hydroxylation is 2. The van der Waals surface area contributed by atoms with Crippen molar-refractivity contribution in [3.63, 3.8) is 0 Å². The van der Waals surface area contributed by atoms with E-state index in [0.717, 1.165) is 15.3 Å². The van der Waals surface area contributed by atoms with Gasteiger partial charge in [0, 0.05) is 21.9 Å². The fourth-order valence-electron chi connectivity index (χ4n) is 1.09. The summed E-state index contributed by atoms with van der Waals surface area (Å²) in [4.78, 5) is 2.19. The molecule has 1 nitrogen and oxygen atoms in total. The Morgan fingerprint density at radius 3 is 2.64 bits per heavy atom. The molecule has 62 valence electrons. The van der Waals surface area contributed by atoms with Crippen molar-refractivity contribution in [2.75, 3.05) is 6.54 Å². The van der Waals surface area contributed by atoms with Gasteiger partial charge < -0.3 is 5.73 Å². The molecule has 1 unspecified atom stereocenters. The molecule has 3 heteroatoms. The fraction of sp³-hybridized carbons (Fsp3) is 0.500. The zero-order valence-corrected chi connectivity index (χ0v) is 7.54. The molecule has 0 aliphatic carbocycles. The first kappa shape index (κ1) is 8.68. The molecule has 1 aromatic rings. The first-order valence-corrected chi connectivity index (χ1v) is 4.38. The molecule has 1 aromatic heterocycles. The molecule has 2 N–H and O–H groups in total. The van der Waals surface area contributed by atoms with E-state index in [1.807, 2.05) is 19.9 Å². The zero-order valence-electron chi connectivity index (χ0n) is 6.73. The van der Waals surface area contributed by atoms with Crippen LogP contribution in [0.15, 0.2) is 6.07 Å². The normalized spacial score (nSPS) is 13.5. The van der Waals surface area contributed by atoms with E-state index in [1.54, 1.807) is 11.3 Å². The van der Waals surface area contributed by atoms with Gasteiger partial charge in [-0.15, -0.1) is 11.3 Å². The van der Waals surface area contributed by atoms with Crippen molar-refractivity contribution >= 4 is 11.3 Å². The summed E-state index contributed by atoms with van der Waals surface area (Å²) >= 11 is 1.62. The smallest absolute Gasteiger partial charge is 0.138 e. The summed E-state index contributed by atoms with van der Waals surface area (Å²) in [6.07, 6.45) is -0.986. The summed E-state index contributed by atoms with van der Waals surface area (Å²) in [5.74, 6) is 0. The standard InChI is InChI=1S/C8H12FNS/c1-5-3-7(6(2)11-5)8(9)4-10/h3,8H,4,10H2,1-2H3. The highest BCUT2D eigenvalue weighted by Gasteiger charge is 2.12. The molecule has 1 rings (SSSR count).